The highest BCUT2D eigenvalue weighted by molar-refractivity contribution is 6.34. The maximum atomic E-state index is 10.8. The largest absolute Gasteiger partial charge is 0.298 e. The van der Waals surface area contributed by atoms with Gasteiger partial charge in [-0.2, -0.15) is 0 Å². The number of hydrogen-bond donors (Lipinski definition) is 0. The molecule has 0 radical (unpaired) electrons. The number of carbonyl (C=O) groups excluding carboxylic acids is 1. The minimum Gasteiger partial charge on any atom is -0.298 e. The number of aldehydes is 1. The monoisotopic (exact) mass is 205 g/mol. The van der Waals surface area contributed by atoms with Gasteiger partial charge in [0.1, 0.15) is 0 Å². The summed E-state index contributed by atoms with van der Waals surface area (Å²) in [5, 5.41) is 2.32. The molecule has 0 aliphatic rings. The molecule has 0 saturated carbocycles. The summed E-state index contributed by atoms with van der Waals surface area (Å²) in [6.07, 6.45) is 2.46. The van der Waals surface area contributed by atoms with E-state index < -0.39 is 0 Å². The molecular formula is C11H8ClNO. The van der Waals surface area contributed by atoms with E-state index in [0.717, 1.165) is 22.8 Å². The molecule has 0 saturated heterocycles. The first-order chi connectivity index (χ1) is 6.74. The molecular weight excluding hydrogens is 198 g/mol. The number of benzene rings is 1. The predicted octanol–water partition coefficient (Wildman–Crippen LogP) is 3.01. The summed E-state index contributed by atoms with van der Waals surface area (Å²) in [5.41, 5.74) is 1.44. The molecule has 0 atom stereocenters. The lowest BCUT2D eigenvalue weighted by molar-refractivity contribution is 0.112. The number of fused-ring (bicyclic) bond motifs is 1. The summed E-state index contributed by atoms with van der Waals surface area (Å²) in [7, 11) is 0. The van der Waals surface area contributed by atoms with Crippen LogP contribution in [0, 0.1) is 6.92 Å². The Bertz CT molecular complexity index is 508. The minimum absolute atomic E-state index is 0.484. The van der Waals surface area contributed by atoms with Gasteiger partial charge in [-0.15, -0.1) is 0 Å². The first-order valence-electron chi connectivity index (χ1n) is 4.23. The van der Waals surface area contributed by atoms with Gasteiger partial charge in [-0.05, 0) is 24.4 Å². The highest BCUT2D eigenvalue weighted by Gasteiger charge is 2.06. The topological polar surface area (TPSA) is 30.0 Å². The normalized spacial score (nSPS) is 10.4. The van der Waals surface area contributed by atoms with Crippen LogP contribution in [0.15, 0.2) is 24.4 Å². The molecule has 2 nitrogen and oxygen atoms in total. The Morgan fingerprint density at radius 3 is 2.79 bits per heavy atom. The van der Waals surface area contributed by atoms with E-state index in [0.29, 0.717) is 10.6 Å². The second kappa shape index (κ2) is 3.39. The van der Waals surface area contributed by atoms with Gasteiger partial charge in [0.2, 0.25) is 0 Å². The number of aromatic nitrogens is 1. The summed E-state index contributed by atoms with van der Waals surface area (Å²) in [5.74, 6) is 0. The Labute approximate surface area is 86.5 Å². The van der Waals surface area contributed by atoms with Crippen molar-refractivity contribution in [1.29, 1.82) is 0 Å². The lowest BCUT2D eigenvalue weighted by Crippen LogP contribution is -1.89. The summed E-state index contributed by atoms with van der Waals surface area (Å²) >= 11 is 5.90. The number of halogens is 1. The smallest absolute Gasteiger partial charge is 0.152 e. The highest BCUT2D eigenvalue weighted by Crippen LogP contribution is 2.25. The predicted molar refractivity (Wildman–Crippen MR) is 56.9 cm³/mol. The summed E-state index contributed by atoms with van der Waals surface area (Å²) in [4.78, 5) is 15.0. The summed E-state index contributed by atoms with van der Waals surface area (Å²) < 4.78 is 0. The lowest BCUT2D eigenvalue weighted by Gasteiger charge is -2.04. The van der Waals surface area contributed by atoms with E-state index in [1.54, 1.807) is 18.3 Å². The molecule has 0 fully saturated rings. The third-order valence-electron chi connectivity index (χ3n) is 2.25. The van der Waals surface area contributed by atoms with E-state index in [1.165, 1.54) is 0 Å². The Balaban J connectivity index is 2.95. The summed E-state index contributed by atoms with van der Waals surface area (Å²) in [6.45, 7) is 1.91. The first-order valence-corrected chi connectivity index (χ1v) is 4.61. The van der Waals surface area contributed by atoms with Gasteiger partial charge < -0.3 is 0 Å². The molecule has 14 heavy (non-hydrogen) atoms. The fraction of sp³-hybridized carbons (Fsp3) is 0.0909. The fourth-order valence-electron chi connectivity index (χ4n) is 1.52. The van der Waals surface area contributed by atoms with Crippen molar-refractivity contribution >= 4 is 28.7 Å². The first kappa shape index (κ1) is 9.16. The van der Waals surface area contributed by atoms with Gasteiger partial charge >= 0.3 is 0 Å². The average molecular weight is 206 g/mol. The van der Waals surface area contributed by atoms with Gasteiger partial charge in [0.15, 0.2) is 6.29 Å². The second-order valence-corrected chi connectivity index (χ2v) is 3.48. The standard InChI is InChI=1S/C11H8ClNO/c1-7-8-2-3-11(12)10(6-14)9(8)4-5-13-7/h2-6H,1H3. The van der Waals surface area contributed by atoms with Crippen LogP contribution in [-0.4, -0.2) is 11.3 Å². The van der Waals surface area contributed by atoms with Gasteiger partial charge in [-0.3, -0.25) is 9.78 Å². The maximum absolute atomic E-state index is 10.8. The number of pyridine rings is 1. The molecule has 1 aromatic carbocycles. The van der Waals surface area contributed by atoms with Crippen molar-refractivity contribution in [3.8, 4) is 0 Å². The number of hydrogen-bond acceptors (Lipinski definition) is 2. The Hall–Kier alpha value is -1.41. The van der Waals surface area contributed by atoms with Crippen LogP contribution in [0.4, 0.5) is 0 Å². The van der Waals surface area contributed by atoms with Crippen molar-refractivity contribution in [3.63, 3.8) is 0 Å². The van der Waals surface area contributed by atoms with Crippen molar-refractivity contribution in [2.24, 2.45) is 0 Å². The molecule has 0 bridgehead atoms. The molecule has 0 aliphatic carbocycles. The van der Waals surface area contributed by atoms with Crippen LogP contribution in [0.1, 0.15) is 16.1 Å². The number of aryl methyl sites for hydroxylation is 1. The van der Waals surface area contributed by atoms with Gasteiger partial charge in [0, 0.05) is 22.8 Å². The molecule has 3 heteroatoms. The van der Waals surface area contributed by atoms with E-state index in [9.17, 15) is 4.79 Å². The van der Waals surface area contributed by atoms with Crippen LogP contribution in [0.3, 0.4) is 0 Å². The van der Waals surface area contributed by atoms with Gasteiger partial charge in [-0.25, -0.2) is 0 Å². The molecule has 2 rings (SSSR count). The number of rotatable bonds is 1. The van der Waals surface area contributed by atoms with E-state index in [2.05, 4.69) is 4.98 Å². The van der Waals surface area contributed by atoms with Crippen molar-refractivity contribution in [3.05, 3.63) is 40.7 Å². The number of nitrogens with zero attached hydrogens (tertiary/aromatic N) is 1. The zero-order chi connectivity index (χ0) is 10.1. The molecule has 0 spiro atoms. The van der Waals surface area contributed by atoms with Gasteiger partial charge in [0.25, 0.3) is 0 Å². The van der Waals surface area contributed by atoms with Gasteiger partial charge in [0.05, 0.1) is 5.02 Å². The zero-order valence-corrected chi connectivity index (χ0v) is 8.38. The van der Waals surface area contributed by atoms with Crippen LogP contribution < -0.4 is 0 Å². The molecule has 1 heterocycles. The van der Waals surface area contributed by atoms with E-state index in [-0.39, 0.29) is 0 Å². The molecule has 0 N–H and O–H groups in total. The molecule has 70 valence electrons. The van der Waals surface area contributed by atoms with Crippen LogP contribution >= 0.6 is 11.6 Å². The Morgan fingerprint density at radius 1 is 1.29 bits per heavy atom. The maximum Gasteiger partial charge on any atom is 0.152 e. The van der Waals surface area contributed by atoms with Gasteiger partial charge in [-0.1, -0.05) is 17.7 Å². The van der Waals surface area contributed by atoms with Crippen LogP contribution in [-0.2, 0) is 0 Å². The molecule has 2 aromatic rings. The quantitative estimate of drug-likeness (QED) is 0.670. The number of carbonyl (C=O) groups is 1. The SMILES string of the molecule is Cc1nccc2c(C=O)c(Cl)ccc12. The zero-order valence-electron chi connectivity index (χ0n) is 7.62. The third-order valence-corrected chi connectivity index (χ3v) is 2.58. The van der Waals surface area contributed by atoms with Crippen LogP contribution in [0.25, 0.3) is 10.8 Å². The van der Waals surface area contributed by atoms with Crippen molar-refractivity contribution in [1.82, 2.24) is 4.98 Å². The van der Waals surface area contributed by atoms with Crippen molar-refractivity contribution < 1.29 is 4.79 Å². The van der Waals surface area contributed by atoms with Crippen LogP contribution in [0.2, 0.25) is 5.02 Å². The minimum atomic E-state index is 0.484. The molecule has 0 unspecified atom stereocenters. The Morgan fingerprint density at radius 2 is 2.07 bits per heavy atom. The third kappa shape index (κ3) is 1.28. The van der Waals surface area contributed by atoms with Crippen molar-refractivity contribution in [2.75, 3.05) is 0 Å². The Kier molecular flexibility index (Phi) is 2.22. The van der Waals surface area contributed by atoms with E-state index in [1.807, 2.05) is 13.0 Å². The highest BCUT2D eigenvalue weighted by atomic mass is 35.5. The molecule has 0 amide bonds. The molecule has 0 aliphatic heterocycles. The lowest BCUT2D eigenvalue weighted by atomic mass is 10.1. The fourth-order valence-corrected chi connectivity index (χ4v) is 1.73. The van der Waals surface area contributed by atoms with E-state index in [4.69, 9.17) is 11.6 Å². The average Bonchev–Trinajstić information content (AvgIpc) is 2.18. The van der Waals surface area contributed by atoms with E-state index >= 15 is 0 Å². The van der Waals surface area contributed by atoms with Crippen LogP contribution in [0.5, 0.6) is 0 Å². The second-order valence-electron chi connectivity index (χ2n) is 3.07. The van der Waals surface area contributed by atoms with Crippen molar-refractivity contribution in [2.45, 2.75) is 6.92 Å². The summed E-state index contributed by atoms with van der Waals surface area (Å²) in [6, 6.07) is 5.41. The molecule has 1 aromatic heterocycles.